The number of nitrogens with one attached hydrogen (secondary N) is 1. The number of quaternary nitrogens is 1. The highest BCUT2D eigenvalue weighted by Gasteiger charge is 2.25. The molecule has 1 unspecified atom stereocenters. The Kier molecular flexibility index (Phi) is 4.11. The van der Waals surface area contributed by atoms with Crippen molar-refractivity contribution in [3.63, 3.8) is 0 Å². The second-order valence-electron chi connectivity index (χ2n) is 7.17. The summed E-state index contributed by atoms with van der Waals surface area (Å²) in [6, 6.07) is 16.2. The molecule has 1 atom stereocenters. The number of hydrogen-bond donors (Lipinski definition) is 1. The molecule has 1 heterocycles. The average molecular weight is 308 g/mol. The number of rotatable bonds is 2. The SMILES string of the molecule is CC(C)(C)c1ccc(C[N+]2([O-])NCC=Cc3ccccc32)cc1. The van der Waals surface area contributed by atoms with Crippen LogP contribution in [0.5, 0.6) is 0 Å². The van der Waals surface area contributed by atoms with E-state index in [4.69, 9.17) is 0 Å². The van der Waals surface area contributed by atoms with Crippen LogP contribution in [0.1, 0.15) is 37.5 Å². The molecule has 0 aromatic heterocycles. The summed E-state index contributed by atoms with van der Waals surface area (Å²) in [5.74, 6) is 0. The molecule has 0 spiro atoms. The number of para-hydroxylation sites is 1. The summed E-state index contributed by atoms with van der Waals surface area (Å²) in [7, 11) is 0. The summed E-state index contributed by atoms with van der Waals surface area (Å²) in [5, 5.41) is 13.4. The van der Waals surface area contributed by atoms with Gasteiger partial charge in [-0.3, -0.25) is 0 Å². The van der Waals surface area contributed by atoms with Crippen molar-refractivity contribution in [2.45, 2.75) is 32.7 Å². The maximum absolute atomic E-state index is 13.4. The quantitative estimate of drug-likeness (QED) is 0.654. The molecule has 2 aromatic carbocycles. The topological polar surface area (TPSA) is 35.1 Å². The third-order valence-corrected chi connectivity index (χ3v) is 4.31. The van der Waals surface area contributed by atoms with Gasteiger partial charge in [0.15, 0.2) is 5.69 Å². The van der Waals surface area contributed by atoms with Gasteiger partial charge in [0.05, 0.1) is 6.54 Å². The first-order valence-electron chi connectivity index (χ1n) is 8.08. The highest BCUT2D eigenvalue weighted by molar-refractivity contribution is 5.67. The number of hydroxylamine groups is 1. The Labute approximate surface area is 138 Å². The minimum atomic E-state index is -0.530. The molecule has 3 heteroatoms. The maximum atomic E-state index is 13.4. The number of nitrogens with zero attached hydrogens (tertiary/aromatic N) is 1. The van der Waals surface area contributed by atoms with E-state index in [0.717, 1.165) is 16.8 Å². The van der Waals surface area contributed by atoms with Gasteiger partial charge in [0, 0.05) is 17.2 Å². The highest BCUT2D eigenvalue weighted by atomic mass is 16.6. The van der Waals surface area contributed by atoms with Crippen molar-refractivity contribution in [1.82, 2.24) is 10.2 Å². The lowest BCUT2D eigenvalue weighted by atomic mass is 9.87. The van der Waals surface area contributed by atoms with Gasteiger partial charge in [-0.25, -0.2) is 4.76 Å². The Morgan fingerprint density at radius 2 is 1.74 bits per heavy atom. The molecule has 0 radical (unpaired) electrons. The van der Waals surface area contributed by atoms with Crippen LogP contribution in [0.4, 0.5) is 5.69 Å². The molecule has 0 saturated carbocycles. The number of hydrogen-bond acceptors (Lipinski definition) is 2. The van der Waals surface area contributed by atoms with Crippen molar-refractivity contribution in [3.05, 3.63) is 76.5 Å². The predicted molar refractivity (Wildman–Crippen MR) is 97.5 cm³/mol. The zero-order chi connectivity index (χ0) is 16.5. The lowest BCUT2D eigenvalue weighted by Gasteiger charge is -2.41. The Balaban J connectivity index is 1.90. The van der Waals surface area contributed by atoms with Gasteiger partial charge in [-0.1, -0.05) is 69.3 Å². The smallest absolute Gasteiger partial charge is 0.159 e. The van der Waals surface area contributed by atoms with Crippen LogP contribution >= 0.6 is 0 Å². The summed E-state index contributed by atoms with van der Waals surface area (Å²) >= 11 is 0. The van der Waals surface area contributed by atoms with Gasteiger partial charge < -0.3 is 5.21 Å². The molecule has 0 amide bonds. The molecule has 1 aliphatic heterocycles. The molecule has 2 aromatic rings. The molecule has 0 bridgehead atoms. The van der Waals surface area contributed by atoms with Crippen LogP contribution in [-0.2, 0) is 12.0 Å². The summed E-state index contributed by atoms with van der Waals surface area (Å²) in [6.07, 6.45) is 4.02. The van der Waals surface area contributed by atoms with Gasteiger partial charge in [0.25, 0.3) is 0 Å². The molecule has 0 fully saturated rings. The van der Waals surface area contributed by atoms with E-state index >= 15 is 0 Å². The van der Waals surface area contributed by atoms with Crippen molar-refractivity contribution in [2.75, 3.05) is 6.54 Å². The molecule has 23 heavy (non-hydrogen) atoms. The van der Waals surface area contributed by atoms with E-state index in [1.807, 2.05) is 36.4 Å². The van der Waals surface area contributed by atoms with Gasteiger partial charge in [-0.2, -0.15) is 5.43 Å². The fourth-order valence-corrected chi connectivity index (χ4v) is 2.94. The first kappa shape index (κ1) is 15.9. The van der Waals surface area contributed by atoms with Crippen LogP contribution in [0.2, 0.25) is 0 Å². The minimum absolute atomic E-state index is 0.125. The third kappa shape index (κ3) is 3.37. The molecule has 120 valence electrons. The second-order valence-corrected chi connectivity index (χ2v) is 7.17. The van der Waals surface area contributed by atoms with Crippen LogP contribution in [0.25, 0.3) is 6.08 Å². The van der Waals surface area contributed by atoms with Crippen molar-refractivity contribution in [3.8, 4) is 0 Å². The second kappa shape index (κ2) is 5.93. The molecule has 3 rings (SSSR count). The Morgan fingerprint density at radius 1 is 1.04 bits per heavy atom. The standard InChI is InChI=1S/C20H24N2O/c1-20(2,3)18-12-10-16(11-13-18)15-22(23)19-9-5-4-7-17(19)8-6-14-21-22/h4-13,21H,14-15H2,1-3H3. The van der Waals surface area contributed by atoms with Crippen LogP contribution in [-0.4, -0.2) is 6.54 Å². The summed E-state index contributed by atoms with van der Waals surface area (Å²) in [4.78, 5) is 0. The molecule has 0 aliphatic carbocycles. The molecular formula is C20H24N2O. The Bertz CT molecular complexity index is 713. The molecule has 3 nitrogen and oxygen atoms in total. The van der Waals surface area contributed by atoms with E-state index < -0.39 is 4.76 Å². The predicted octanol–water partition coefficient (Wildman–Crippen LogP) is 4.52. The first-order valence-corrected chi connectivity index (χ1v) is 8.08. The lowest BCUT2D eigenvalue weighted by Crippen LogP contribution is -2.54. The third-order valence-electron chi connectivity index (χ3n) is 4.31. The zero-order valence-electron chi connectivity index (χ0n) is 14.0. The summed E-state index contributed by atoms with van der Waals surface area (Å²) in [6.45, 7) is 7.53. The van der Waals surface area contributed by atoms with Crippen LogP contribution < -0.4 is 10.2 Å². The lowest BCUT2D eigenvalue weighted by molar-refractivity contribution is 0.276. The van der Waals surface area contributed by atoms with Crippen molar-refractivity contribution < 1.29 is 0 Å². The largest absolute Gasteiger partial charge is 0.606 e. The molecule has 1 aliphatic rings. The number of benzene rings is 2. The van der Waals surface area contributed by atoms with Crippen molar-refractivity contribution in [1.29, 1.82) is 0 Å². The van der Waals surface area contributed by atoms with Crippen LogP contribution in [0.3, 0.4) is 0 Å². The maximum Gasteiger partial charge on any atom is 0.159 e. The first-order chi connectivity index (χ1) is 10.9. The van der Waals surface area contributed by atoms with Crippen LogP contribution in [0, 0.1) is 5.21 Å². The van der Waals surface area contributed by atoms with Gasteiger partial charge in [-0.05, 0) is 17.0 Å². The van der Waals surface area contributed by atoms with E-state index in [1.54, 1.807) is 0 Å². The van der Waals surface area contributed by atoms with Gasteiger partial charge in [-0.15, -0.1) is 0 Å². The summed E-state index contributed by atoms with van der Waals surface area (Å²) < 4.78 is -0.530. The van der Waals surface area contributed by atoms with Crippen LogP contribution in [0.15, 0.2) is 54.6 Å². The van der Waals surface area contributed by atoms with Gasteiger partial charge in [0.2, 0.25) is 0 Å². The fourth-order valence-electron chi connectivity index (χ4n) is 2.94. The molecule has 0 saturated heterocycles. The average Bonchev–Trinajstić information content (AvgIpc) is 2.67. The monoisotopic (exact) mass is 308 g/mol. The van der Waals surface area contributed by atoms with Crippen molar-refractivity contribution in [2.24, 2.45) is 0 Å². The normalized spacial score (nSPS) is 20.9. The Morgan fingerprint density at radius 3 is 2.43 bits per heavy atom. The number of fused-ring (bicyclic) bond motifs is 1. The highest BCUT2D eigenvalue weighted by Crippen LogP contribution is 2.30. The summed E-state index contributed by atoms with van der Waals surface area (Å²) in [5.41, 5.74) is 7.30. The zero-order valence-corrected chi connectivity index (χ0v) is 14.0. The van der Waals surface area contributed by atoms with E-state index in [-0.39, 0.29) is 5.41 Å². The molecular weight excluding hydrogens is 284 g/mol. The van der Waals surface area contributed by atoms with E-state index in [0.29, 0.717) is 13.1 Å². The fraction of sp³-hybridized carbons (Fsp3) is 0.300. The van der Waals surface area contributed by atoms with E-state index in [9.17, 15) is 5.21 Å². The van der Waals surface area contributed by atoms with Crippen molar-refractivity contribution >= 4 is 11.8 Å². The van der Waals surface area contributed by atoms with Gasteiger partial charge >= 0.3 is 0 Å². The van der Waals surface area contributed by atoms with E-state index in [2.05, 4.69) is 50.5 Å². The minimum Gasteiger partial charge on any atom is -0.606 e. The van der Waals surface area contributed by atoms with E-state index in [1.165, 1.54) is 5.56 Å². The Hall–Kier alpha value is -1.94. The molecule has 1 N–H and O–H groups in total. The van der Waals surface area contributed by atoms with Gasteiger partial charge in [0.1, 0.15) is 6.54 Å².